The van der Waals surface area contributed by atoms with E-state index in [0.717, 1.165) is 29.9 Å². The van der Waals surface area contributed by atoms with E-state index in [2.05, 4.69) is 65.6 Å². The van der Waals surface area contributed by atoms with Crippen LogP contribution in [0.15, 0.2) is 84.9 Å². The van der Waals surface area contributed by atoms with Gasteiger partial charge in [-0.15, -0.1) is 0 Å². The lowest BCUT2D eigenvalue weighted by molar-refractivity contribution is -0.113. The summed E-state index contributed by atoms with van der Waals surface area (Å²) in [5.74, 6) is -0.437. The third-order valence-electron chi connectivity index (χ3n) is 4.48. The van der Waals surface area contributed by atoms with Gasteiger partial charge in [0, 0.05) is 24.9 Å². The zero-order valence-electron chi connectivity index (χ0n) is 15.5. The molecule has 3 aromatic rings. The zero-order valence-corrected chi connectivity index (χ0v) is 15.5. The molecule has 0 aliphatic heterocycles. The summed E-state index contributed by atoms with van der Waals surface area (Å²) < 4.78 is 0. The van der Waals surface area contributed by atoms with Gasteiger partial charge in [0.1, 0.15) is 0 Å². The number of hydrogen-bond donors (Lipinski definition) is 1. The van der Waals surface area contributed by atoms with Crippen LogP contribution in [-0.2, 0) is 17.9 Å². The van der Waals surface area contributed by atoms with Crippen LogP contribution in [-0.4, -0.2) is 5.91 Å². The van der Waals surface area contributed by atoms with Crippen LogP contribution in [0.5, 0.6) is 0 Å². The quantitative estimate of drug-likeness (QED) is 0.624. The fraction of sp³-hybridized carbons (Fsp3) is 0.125. The van der Waals surface area contributed by atoms with Gasteiger partial charge in [-0.05, 0) is 47.4 Å². The van der Waals surface area contributed by atoms with Gasteiger partial charge in [-0.25, -0.2) is 0 Å². The van der Waals surface area contributed by atoms with E-state index < -0.39 is 5.91 Å². The molecule has 3 rings (SSSR count). The fourth-order valence-corrected chi connectivity index (χ4v) is 3.06. The van der Waals surface area contributed by atoms with Crippen LogP contribution in [0.1, 0.15) is 22.3 Å². The van der Waals surface area contributed by atoms with Crippen molar-refractivity contribution >= 4 is 17.7 Å². The number of benzene rings is 3. The molecule has 0 saturated heterocycles. The van der Waals surface area contributed by atoms with Crippen molar-refractivity contribution in [3.05, 3.63) is 107 Å². The number of nitrogens with zero attached hydrogens (tertiary/aromatic N) is 1. The van der Waals surface area contributed by atoms with Gasteiger partial charge in [-0.3, -0.25) is 4.79 Å². The van der Waals surface area contributed by atoms with E-state index in [1.165, 1.54) is 17.2 Å². The number of rotatable bonds is 7. The summed E-state index contributed by atoms with van der Waals surface area (Å²) >= 11 is 0. The first kappa shape index (κ1) is 18.5. The van der Waals surface area contributed by atoms with Gasteiger partial charge in [0.05, 0.1) is 0 Å². The predicted molar refractivity (Wildman–Crippen MR) is 112 cm³/mol. The maximum atomic E-state index is 11.0. The molecule has 27 heavy (non-hydrogen) atoms. The maximum absolute atomic E-state index is 11.0. The molecule has 0 heterocycles. The highest BCUT2D eigenvalue weighted by Crippen LogP contribution is 2.24. The molecule has 0 aromatic heterocycles. The Bertz CT molecular complexity index is 876. The molecule has 136 valence electrons. The van der Waals surface area contributed by atoms with E-state index >= 15 is 0 Å². The van der Waals surface area contributed by atoms with Crippen molar-refractivity contribution in [3.63, 3.8) is 0 Å². The molecule has 0 radical (unpaired) electrons. The summed E-state index contributed by atoms with van der Waals surface area (Å²) in [7, 11) is 0. The summed E-state index contributed by atoms with van der Waals surface area (Å²) in [4.78, 5) is 13.4. The van der Waals surface area contributed by atoms with Crippen LogP contribution in [0.3, 0.4) is 0 Å². The Hall–Kier alpha value is -3.33. The molecule has 0 fully saturated rings. The summed E-state index contributed by atoms with van der Waals surface area (Å²) in [6, 6.07) is 27.2. The second-order valence-corrected chi connectivity index (χ2v) is 6.60. The van der Waals surface area contributed by atoms with Crippen LogP contribution in [0.4, 0.5) is 5.69 Å². The number of primary amides is 1. The molecule has 2 N–H and O–H groups in total. The van der Waals surface area contributed by atoms with Crippen LogP contribution in [0, 0.1) is 6.92 Å². The van der Waals surface area contributed by atoms with E-state index in [0.29, 0.717) is 0 Å². The third-order valence-corrected chi connectivity index (χ3v) is 4.48. The normalized spacial score (nSPS) is 10.9. The molecular formula is C24H24N2O. The number of aryl methyl sites for hydroxylation is 1. The van der Waals surface area contributed by atoms with E-state index in [4.69, 9.17) is 5.73 Å². The molecule has 0 saturated carbocycles. The van der Waals surface area contributed by atoms with E-state index in [1.807, 2.05) is 25.1 Å². The standard InChI is InChI=1S/C24H24N2O/c1-19-16-23(14-12-22(19)13-15-24(25)27)26(17-20-8-4-2-5-9-20)18-21-10-6-3-7-11-21/h2-16H,17-18H2,1H3,(H2,25,27)/b15-13+. The van der Waals surface area contributed by atoms with Gasteiger partial charge in [-0.1, -0.05) is 66.7 Å². The summed E-state index contributed by atoms with van der Waals surface area (Å²) in [5.41, 5.74) is 11.0. The van der Waals surface area contributed by atoms with Crippen LogP contribution in [0.2, 0.25) is 0 Å². The average Bonchev–Trinajstić information content (AvgIpc) is 2.68. The van der Waals surface area contributed by atoms with Gasteiger partial charge >= 0.3 is 0 Å². The first-order valence-corrected chi connectivity index (χ1v) is 9.03. The Morgan fingerprint density at radius 1 is 0.889 bits per heavy atom. The highest BCUT2D eigenvalue weighted by Gasteiger charge is 2.10. The minimum atomic E-state index is -0.437. The van der Waals surface area contributed by atoms with E-state index in [-0.39, 0.29) is 0 Å². The van der Waals surface area contributed by atoms with Crippen molar-refractivity contribution in [1.29, 1.82) is 0 Å². The molecule has 1 amide bonds. The molecule has 0 aliphatic rings. The molecule has 3 nitrogen and oxygen atoms in total. The first-order valence-electron chi connectivity index (χ1n) is 9.03. The topological polar surface area (TPSA) is 46.3 Å². The number of nitrogens with two attached hydrogens (primary N) is 1. The Labute approximate surface area is 160 Å². The molecule has 0 atom stereocenters. The number of carbonyl (C=O) groups is 1. The fourth-order valence-electron chi connectivity index (χ4n) is 3.06. The molecule has 3 heteroatoms. The van der Waals surface area contributed by atoms with E-state index in [1.54, 1.807) is 6.08 Å². The lowest BCUT2D eigenvalue weighted by Gasteiger charge is -2.26. The number of anilines is 1. The smallest absolute Gasteiger partial charge is 0.241 e. The van der Waals surface area contributed by atoms with Gasteiger partial charge in [0.2, 0.25) is 5.91 Å². The zero-order chi connectivity index (χ0) is 19.1. The van der Waals surface area contributed by atoms with Gasteiger partial charge in [0.25, 0.3) is 0 Å². The lowest BCUT2D eigenvalue weighted by Crippen LogP contribution is -2.22. The maximum Gasteiger partial charge on any atom is 0.241 e. The largest absolute Gasteiger partial charge is 0.366 e. The number of carbonyl (C=O) groups excluding carboxylic acids is 1. The average molecular weight is 356 g/mol. The Balaban J connectivity index is 1.89. The SMILES string of the molecule is Cc1cc(N(Cc2ccccc2)Cc2ccccc2)ccc1/C=C/C(N)=O. The predicted octanol–water partition coefficient (Wildman–Crippen LogP) is 4.70. The summed E-state index contributed by atoms with van der Waals surface area (Å²) in [6.45, 7) is 3.70. The summed E-state index contributed by atoms with van der Waals surface area (Å²) in [6.07, 6.45) is 3.16. The van der Waals surface area contributed by atoms with Gasteiger partial charge < -0.3 is 10.6 Å². The van der Waals surface area contributed by atoms with Crippen molar-refractivity contribution in [2.75, 3.05) is 4.90 Å². The van der Waals surface area contributed by atoms with Crippen LogP contribution >= 0.6 is 0 Å². The number of hydrogen-bond acceptors (Lipinski definition) is 2. The van der Waals surface area contributed by atoms with Gasteiger partial charge in [0.15, 0.2) is 0 Å². The number of amides is 1. The molecule has 3 aromatic carbocycles. The second-order valence-electron chi connectivity index (χ2n) is 6.60. The minimum absolute atomic E-state index is 0.437. The van der Waals surface area contributed by atoms with Crippen molar-refractivity contribution in [1.82, 2.24) is 0 Å². The van der Waals surface area contributed by atoms with Crippen molar-refractivity contribution < 1.29 is 4.79 Å². The highest BCUT2D eigenvalue weighted by molar-refractivity contribution is 5.90. The first-order chi connectivity index (χ1) is 13.1. The Morgan fingerprint density at radius 3 is 1.93 bits per heavy atom. The Kier molecular flexibility index (Phi) is 6.06. The highest BCUT2D eigenvalue weighted by atomic mass is 16.1. The van der Waals surface area contributed by atoms with Crippen molar-refractivity contribution in [3.8, 4) is 0 Å². The van der Waals surface area contributed by atoms with Crippen molar-refractivity contribution in [2.24, 2.45) is 5.73 Å². The Morgan fingerprint density at radius 2 is 1.44 bits per heavy atom. The minimum Gasteiger partial charge on any atom is -0.366 e. The van der Waals surface area contributed by atoms with E-state index in [9.17, 15) is 4.79 Å². The molecule has 0 spiro atoms. The van der Waals surface area contributed by atoms with Crippen LogP contribution in [0.25, 0.3) is 6.08 Å². The molecule has 0 aliphatic carbocycles. The van der Waals surface area contributed by atoms with Crippen LogP contribution < -0.4 is 10.6 Å². The molecule has 0 bridgehead atoms. The second kappa shape index (κ2) is 8.86. The summed E-state index contributed by atoms with van der Waals surface area (Å²) in [5, 5.41) is 0. The van der Waals surface area contributed by atoms with Gasteiger partial charge in [-0.2, -0.15) is 0 Å². The third kappa shape index (κ3) is 5.32. The molecular weight excluding hydrogens is 332 g/mol. The lowest BCUT2D eigenvalue weighted by atomic mass is 10.1. The molecule has 0 unspecified atom stereocenters. The monoisotopic (exact) mass is 356 g/mol. The van der Waals surface area contributed by atoms with Crippen molar-refractivity contribution in [2.45, 2.75) is 20.0 Å².